The second-order valence-electron chi connectivity index (χ2n) is 14.5. The summed E-state index contributed by atoms with van der Waals surface area (Å²) in [6, 6.07) is 0. The molecule has 0 aromatic rings. The molecule has 5 aliphatic rings. The van der Waals surface area contributed by atoms with Gasteiger partial charge in [-0.2, -0.15) is 0 Å². The third kappa shape index (κ3) is 3.31. The maximum Gasteiger partial charge on any atom is 0.396 e. The maximum absolute atomic E-state index is 13.4. The van der Waals surface area contributed by atoms with Gasteiger partial charge in [-0.05, 0) is 103 Å². The maximum atomic E-state index is 13.4. The van der Waals surface area contributed by atoms with Crippen LogP contribution in [-0.2, 0) is 9.45 Å². The number of Topliss-reactive ketones (excluding diaryl/α,β-unsaturated/α-hetero) is 1. The summed E-state index contributed by atoms with van der Waals surface area (Å²) in [5.74, 6) is 4.11. The second-order valence-corrected chi connectivity index (χ2v) is 14.5. The molecule has 0 aromatic heterocycles. The summed E-state index contributed by atoms with van der Waals surface area (Å²) in [4.78, 5) is 13.4. The predicted octanol–water partition coefficient (Wildman–Crippen LogP) is 5.40. The van der Waals surface area contributed by atoms with Crippen molar-refractivity contribution in [3.8, 4) is 0 Å². The number of hydrogen-bond donors (Lipinski definition) is 2. The van der Waals surface area contributed by atoms with Gasteiger partial charge in [0.1, 0.15) is 5.78 Å². The molecule has 0 heterocycles. The van der Waals surface area contributed by atoms with Gasteiger partial charge in [0.2, 0.25) is 0 Å². The summed E-state index contributed by atoms with van der Waals surface area (Å²) >= 11 is 0. The molecule has 34 heavy (non-hydrogen) atoms. The van der Waals surface area contributed by atoms with Crippen LogP contribution >= 0.6 is 0 Å². The molecule has 1 radical (unpaired) electrons. The molecule has 0 aromatic carbocycles. The molecule has 0 bridgehead atoms. The number of aliphatic hydroxyl groups is 1. The van der Waals surface area contributed by atoms with E-state index >= 15 is 0 Å². The van der Waals surface area contributed by atoms with E-state index in [9.17, 15) is 9.90 Å². The molecule has 5 rings (SSSR count). The third-order valence-electron chi connectivity index (χ3n) is 12.7. The van der Waals surface area contributed by atoms with Crippen LogP contribution in [0.3, 0.4) is 0 Å². The van der Waals surface area contributed by atoms with Crippen molar-refractivity contribution in [2.75, 3.05) is 7.11 Å². The predicted molar refractivity (Wildman–Crippen MR) is 137 cm³/mol. The van der Waals surface area contributed by atoms with Crippen molar-refractivity contribution < 1.29 is 14.6 Å². The van der Waals surface area contributed by atoms with Crippen LogP contribution in [-0.4, -0.2) is 37.3 Å². The lowest BCUT2D eigenvalue weighted by Gasteiger charge is -2.69. The van der Waals surface area contributed by atoms with E-state index < -0.39 is 0 Å². The number of hydrogen-bond acceptors (Lipinski definition) is 4. The zero-order chi connectivity index (χ0) is 24.7. The van der Waals surface area contributed by atoms with Gasteiger partial charge < -0.3 is 15.0 Å². The SMILES string of the molecule is CO[B]N[C@@]12CCC3[C@H](CCC4[C@@]3(C)CCC3C(C)(C)[C@@H](O)CC[C@@]34C)C1C(C(C)C)C(=O)C2. The van der Waals surface area contributed by atoms with Gasteiger partial charge in [0.05, 0.1) is 6.10 Å². The normalized spacial score (nSPS) is 51.9. The van der Waals surface area contributed by atoms with Gasteiger partial charge in [-0.25, -0.2) is 0 Å². The summed E-state index contributed by atoms with van der Waals surface area (Å²) < 4.78 is 5.35. The molecular formula is C29H49BNO3. The number of ketones is 1. The Balaban J connectivity index is 1.50. The van der Waals surface area contributed by atoms with Gasteiger partial charge in [-0.3, -0.25) is 4.79 Å². The molecule has 0 spiro atoms. The smallest absolute Gasteiger partial charge is 0.396 e. The van der Waals surface area contributed by atoms with Crippen LogP contribution in [0.15, 0.2) is 0 Å². The molecule has 4 nitrogen and oxygen atoms in total. The Labute approximate surface area is 209 Å². The van der Waals surface area contributed by atoms with Crippen molar-refractivity contribution in [3.63, 3.8) is 0 Å². The summed E-state index contributed by atoms with van der Waals surface area (Å²) in [7, 11) is 3.45. The highest BCUT2D eigenvalue weighted by Crippen LogP contribution is 2.72. The minimum absolute atomic E-state index is 0.00736. The van der Waals surface area contributed by atoms with Crippen LogP contribution in [0.25, 0.3) is 0 Å². The zero-order valence-electron chi connectivity index (χ0n) is 22.8. The van der Waals surface area contributed by atoms with E-state index in [4.69, 9.17) is 4.65 Å². The summed E-state index contributed by atoms with van der Waals surface area (Å²) in [5, 5.41) is 14.5. The van der Waals surface area contributed by atoms with Gasteiger partial charge in [-0.1, -0.05) is 41.5 Å². The molecular weight excluding hydrogens is 421 g/mol. The van der Waals surface area contributed by atoms with E-state index in [2.05, 4.69) is 46.8 Å². The number of fused-ring (bicyclic) bond motifs is 7. The molecule has 5 heteroatoms. The summed E-state index contributed by atoms with van der Waals surface area (Å²) in [6.45, 7) is 14.4. The van der Waals surface area contributed by atoms with Gasteiger partial charge in [0.15, 0.2) is 0 Å². The Kier molecular flexibility index (Phi) is 6.18. The monoisotopic (exact) mass is 470 g/mol. The van der Waals surface area contributed by atoms with E-state index in [0.717, 1.165) is 18.8 Å². The van der Waals surface area contributed by atoms with Crippen molar-refractivity contribution in [1.29, 1.82) is 0 Å². The third-order valence-corrected chi connectivity index (χ3v) is 12.7. The average molecular weight is 471 g/mol. The van der Waals surface area contributed by atoms with Crippen LogP contribution < -0.4 is 5.23 Å². The van der Waals surface area contributed by atoms with Crippen LogP contribution in [0.2, 0.25) is 0 Å². The van der Waals surface area contributed by atoms with Gasteiger partial charge >= 0.3 is 7.62 Å². The topological polar surface area (TPSA) is 58.6 Å². The largest absolute Gasteiger partial charge is 0.427 e. The number of rotatable bonds is 4. The van der Waals surface area contributed by atoms with Crippen molar-refractivity contribution in [2.45, 2.75) is 111 Å². The molecule has 0 saturated heterocycles. The van der Waals surface area contributed by atoms with Crippen LogP contribution in [0, 0.1) is 57.7 Å². The minimum atomic E-state index is -0.166. The Morgan fingerprint density at radius 3 is 2.35 bits per heavy atom. The molecule has 2 N–H and O–H groups in total. The Morgan fingerprint density at radius 2 is 1.68 bits per heavy atom. The van der Waals surface area contributed by atoms with E-state index in [1.165, 1.54) is 38.5 Å². The Bertz CT molecular complexity index is 815. The molecule has 5 unspecified atom stereocenters. The lowest BCUT2D eigenvalue weighted by molar-refractivity contribution is -0.213. The van der Waals surface area contributed by atoms with Gasteiger partial charge in [0, 0.05) is 25.0 Å². The number of nitrogens with one attached hydrogen (secondary N) is 1. The van der Waals surface area contributed by atoms with Gasteiger partial charge in [-0.15, -0.1) is 0 Å². The van der Waals surface area contributed by atoms with E-state index in [0.29, 0.717) is 52.6 Å². The Morgan fingerprint density at radius 1 is 0.971 bits per heavy atom. The zero-order valence-corrected chi connectivity index (χ0v) is 22.8. The highest BCUT2D eigenvalue weighted by molar-refractivity contribution is 6.24. The van der Waals surface area contributed by atoms with Crippen molar-refractivity contribution in [1.82, 2.24) is 5.23 Å². The second kappa shape index (κ2) is 8.31. The first-order chi connectivity index (χ1) is 15.9. The first-order valence-electron chi connectivity index (χ1n) is 14.3. The fourth-order valence-electron chi connectivity index (χ4n) is 11.3. The highest BCUT2D eigenvalue weighted by Gasteiger charge is 2.68. The quantitative estimate of drug-likeness (QED) is 0.541. The van der Waals surface area contributed by atoms with E-state index in [1.54, 1.807) is 14.7 Å². The van der Waals surface area contributed by atoms with Crippen LogP contribution in [0.1, 0.15) is 99.3 Å². The highest BCUT2D eigenvalue weighted by atomic mass is 16.4. The number of carbonyl (C=O) groups is 1. The minimum Gasteiger partial charge on any atom is -0.427 e. The van der Waals surface area contributed by atoms with Crippen LogP contribution in [0.4, 0.5) is 0 Å². The van der Waals surface area contributed by atoms with Crippen LogP contribution in [0.5, 0.6) is 0 Å². The molecule has 10 atom stereocenters. The summed E-state index contributed by atoms with van der Waals surface area (Å²) in [6.07, 6.45) is 10.0. The fraction of sp³-hybridized carbons (Fsp3) is 0.966. The van der Waals surface area contributed by atoms with Gasteiger partial charge in [0.25, 0.3) is 0 Å². The molecule has 5 fully saturated rings. The molecule has 5 saturated carbocycles. The Hall–Kier alpha value is -0.385. The van der Waals surface area contributed by atoms with E-state index in [1.807, 2.05) is 0 Å². The first kappa shape index (κ1) is 25.3. The van der Waals surface area contributed by atoms with Crippen molar-refractivity contribution in [2.24, 2.45) is 57.7 Å². The molecule has 191 valence electrons. The number of carbonyl (C=O) groups excluding carboxylic acids is 1. The van der Waals surface area contributed by atoms with Crippen molar-refractivity contribution >= 4 is 13.4 Å². The molecule has 0 aliphatic heterocycles. The first-order valence-corrected chi connectivity index (χ1v) is 14.3. The lowest BCUT2D eigenvalue weighted by Crippen LogP contribution is -2.65. The van der Waals surface area contributed by atoms with Crippen molar-refractivity contribution in [3.05, 3.63) is 0 Å². The summed E-state index contributed by atoms with van der Waals surface area (Å²) in [5.41, 5.74) is 0.551. The standard InChI is InChI=1S/C29H49BNO3/c1-17(2)24-20(32)16-29(31-30-34-7)15-10-19-18(25(24)29)8-9-22-27(19,5)13-11-21-26(3,4)23(33)12-14-28(21,22)6/h17-19,21-25,31,33H,8-16H2,1-7H3/t18-,19?,21?,22?,23-,24?,25?,27-,28-,29+/m0/s1. The molecule has 5 aliphatic carbocycles. The molecule has 0 amide bonds. The average Bonchev–Trinajstić information content (AvgIpc) is 3.07. The fourth-order valence-corrected chi connectivity index (χ4v) is 11.3. The lowest BCUT2D eigenvalue weighted by atomic mass is 9.36. The van der Waals surface area contributed by atoms with E-state index in [-0.39, 0.29) is 23.0 Å². The number of aliphatic hydroxyl groups excluding tert-OH is 1.